The van der Waals surface area contributed by atoms with Gasteiger partial charge in [-0.05, 0) is 37.8 Å². The molecule has 2 aromatic rings. The number of rotatable bonds is 7. The SMILES string of the molecule is CCCNC(c1ccccc1SC)c1nccn1CC. The maximum Gasteiger partial charge on any atom is 0.130 e. The molecule has 108 valence electrons. The summed E-state index contributed by atoms with van der Waals surface area (Å²) in [4.78, 5) is 5.90. The summed E-state index contributed by atoms with van der Waals surface area (Å²) >= 11 is 1.79. The van der Waals surface area contributed by atoms with E-state index >= 15 is 0 Å². The summed E-state index contributed by atoms with van der Waals surface area (Å²) < 4.78 is 2.21. The first-order valence-electron chi connectivity index (χ1n) is 7.19. The van der Waals surface area contributed by atoms with E-state index in [0.717, 1.165) is 25.3 Å². The third kappa shape index (κ3) is 3.25. The van der Waals surface area contributed by atoms with Crippen molar-refractivity contribution in [3.05, 3.63) is 48.0 Å². The zero-order valence-corrected chi connectivity index (χ0v) is 13.3. The standard InChI is InChI=1S/C16H23N3S/c1-4-10-17-15(16-18-11-12-19(16)5-2)13-8-6-7-9-14(13)20-3/h6-9,11-12,15,17H,4-5,10H2,1-3H3. The molecule has 20 heavy (non-hydrogen) atoms. The van der Waals surface area contributed by atoms with Crippen LogP contribution in [0.25, 0.3) is 0 Å². The van der Waals surface area contributed by atoms with Gasteiger partial charge in [0.25, 0.3) is 0 Å². The molecule has 3 nitrogen and oxygen atoms in total. The lowest BCUT2D eigenvalue weighted by atomic mass is 10.1. The molecule has 0 aliphatic heterocycles. The van der Waals surface area contributed by atoms with Crippen LogP contribution in [0.15, 0.2) is 41.6 Å². The molecular weight excluding hydrogens is 266 g/mol. The van der Waals surface area contributed by atoms with Gasteiger partial charge < -0.3 is 9.88 Å². The van der Waals surface area contributed by atoms with Crippen LogP contribution < -0.4 is 5.32 Å². The van der Waals surface area contributed by atoms with Gasteiger partial charge in [-0.2, -0.15) is 0 Å². The van der Waals surface area contributed by atoms with Crippen molar-refractivity contribution in [2.75, 3.05) is 12.8 Å². The molecule has 1 unspecified atom stereocenters. The highest BCUT2D eigenvalue weighted by atomic mass is 32.2. The smallest absolute Gasteiger partial charge is 0.130 e. The maximum atomic E-state index is 4.58. The van der Waals surface area contributed by atoms with Crippen LogP contribution in [-0.2, 0) is 6.54 Å². The van der Waals surface area contributed by atoms with Gasteiger partial charge >= 0.3 is 0 Å². The highest BCUT2D eigenvalue weighted by molar-refractivity contribution is 7.98. The summed E-state index contributed by atoms with van der Waals surface area (Å²) in [6, 6.07) is 8.75. The summed E-state index contributed by atoms with van der Waals surface area (Å²) in [6.07, 6.45) is 7.19. The van der Waals surface area contributed by atoms with Gasteiger partial charge in [-0.1, -0.05) is 25.1 Å². The van der Waals surface area contributed by atoms with Gasteiger partial charge in [0.1, 0.15) is 5.82 Å². The Bertz CT molecular complexity index is 536. The molecule has 1 N–H and O–H groups in total. The van der Waals surface area contributed by atoms with Gasteiger partial charge in [-0.3, -0.25) is 0 Å². The van der Waals surface area contributed by atoms with Gasteiger partial charge in [0, 0.05) is 23.8 Å². The molecule has 1 atom stereocenters. The summed E-state index contributed by atoms with van der Waals surface area (Å²) in [5.74, 6) is 1.10. The van der Waals surface area contributed by atoms with Gasteiger partial charge in [-0.25, -0.2) is 4.98 Å². The lowest BCUT2D eigenvalue weighted by Gasteiger charge is -2.21. The number of imidazole rings is 1. The molecule has 0 amide bonds. The largest absolute Gasteiger partial charge is 0.334 e. The zero-order chi connectivity index (χ0) is 14.4. The number of benzene rings is 1. The van der Waals surface area contributed by atoms with Crippen LogP contribution in [0.1, 0.15) is 37.7 Å². The summed E-state index contributed by atoms with van der Waals surface area (Å²) in [5, 5.41) is 3.64. The number of aromatic nitrogens is 2. The first-order valence-corrected chi connectivity index (χ1v) is 8.41. The number of nitrogens with one attached hydrogen (secondary N) is 1. The third-order valence-electron chi connectivity index (χ3n) is 3.39. The minimum absolute atomic E-state index is 0.161. The topological polar surface area (TPSA) is 29.9 Å². The molecule has 0 aliphatic carbocycles. The molecule has 0 radical (unpaired) electrons. The van der Waals surface area contributed by atoms with E-state index in [9.17, 15) is 0 Å². The van der Waals surface area contributed by atoms with E-state index in [0.29, 0.717) is 0 Å². The van der Waals surface area contributed by atoms with Crippen molar-refractivity contribution >= 4 is 11.8 Å². The molecule has 1 aromatic carbocycles. The zero-order valence-electron chi connectivity index (χ0n) is 12.5. The van der Waals surface area contributed by atoms with Crippen molar-refractivity contribution < 1.29 is 0 Å². The van der Waals surface area contributed by atoms with Crippen LogP contribution in [0, 0.1) is 0 Å². The molecule has 0 fully saturated rings. The monoisotopic (exact) mass is 289 g/mol. The normalized spacial score (nSPS) is 12.6. The van der Waals surface area contributed by atoms with E-state index in [4.69, 9.17) is 0 Å². The first-order chi connectivity index (χ1) is 9.81. The van der Waals surface area contributed by atoms with Gasteiger partial charge in [0.05, 0.1) is 6.04 Å². The van der Waals surface area contributed by atoms with Crippen molar-refractivity contribution in [3.8, 4) is 0 Å². The van der Waals surface area contributed by atoms with Crippen LogP contribution in [0.4, 0.5) is 0 Å². The summed E-state index contributed by atoms with van der Waals surface area (Å²) in [6.45, 7) is 6.28. The van der Waals surface area contributed by atoms with E-state index in [1.54, 1.807) is 11.8 Å². The van der Waals surface area contributed by atoms with Crippen molar-refractivity contribution in [2.24, 2.45) is 0 Å². The first kappa shape index (κ1) is 15.1. The van der Waals surface area contributed by atoms with Crippen molar-refractivity contribution in [1.82, 2.24) is 14.9 Å². The van der Waals surface area contributed by atoms with Crippen LogP contribution in [-0.4, -0.2) is 22.4 Å². The Labute approximate surface area is 125 Å². The Morgan fingerprint density at radius 1 is 1.30 bits per heavy atom. The number of hydrogen-bond donors (Lipinski definition) is 1. The second-order valence-corrected chi connectivity index (χ2v) is 5.55. The molecule has 0 spiro atoms. The Morgan fingerprint density at radius 3 is 2.80 bits per heavy atom. The molecule has 0 saturated heterocycles. The number of hydrogen-bond acceptors (Lipinski definition) is 3. The number of nitrogens with zero attached hydrogens (tertiary/aromatic N) is 2. The Morgan fingerprint density at radius 2 is 2.10 bits per heavy atom. The highest BCUT2D eigenvalue weighted by Crippen LogP contribution is 2.29. The summed E-state index contributed by atoms with van der Waals surface area (Å²) in [5.41, 5.74) is 1.31. The lowest BCUT2D eigenvalue weighted by Crippen LogP contribution is -2.26. The Hall–Kier alpha value is -1.26. The quantitative estimate of drug-likeness (QED) is 0.788. The van der Waals surface area contributed by atoms with Crippen molar-refractivity contribution in [2.45, 2.75) is 37.8 Å². The van der Waals surface area contributed by atoms with Crippen LogP contribution >= 0.6 is 11.8 Å². The van der Waals surface area contributed by atoms with Gasteiger partial charge in [-0.15, -0.1) is 11.8 Å². The molecule has 0 aliphatic rings. The molecule has 1 aromatic heterocycles. The van der Waals surface area contributed by atoms with Gasteiger partial charge in [0.2, 0.25) is 0 Å². The van der Waals surface area contributed by atoms with Crippen molar-refractivity contribution in [3.63, 3.8) is 0 Å². The lowest BCUT2D eigenvalue weighted by molar-refractivity contribution is 0.536. The second-order valence-electron chi connectivity index (χ2n) is 4.70. The van der Waals surface area contributed by atoms with Crippen LogP contribution in [0.2, 0.25) is 0 Å². The minimum Gasteiger partial charge on any atom is -0.334 e. The van der Waals surface area contributed by atoms with Crippen LogP contribution in [0.5, 0.6) is 0 Å². The average molecular weight is 289 g/mol. The molecule has 2 rings (SSSR count). The average Bonchev–Trinajstić information content (AvgIpc) is 2.96. The van der Waals surface area contributed by atoms with Gasteiger partial charge in [0.15, 0.2) is 0 Å². The van der Waals surface area contributed by atoms with E-state index in [2.05, 4.69) is 65.4 Å². The maximum absolute atomic E-state index is 4.58. The Kier molecular flexibility index (Phi) is 5.68. The molecule has 1 heterocycles. The molecule has 4 heteroatoms. The molecular formula is C16H23N3S. The minimum atomic E-state index is 0.161. The molecule has 0 bridgehead atoms. The predicted molar refractivity (Wildman–Crippen MR) is 86.3 cm³/mol. The highest BCUT2D eigenvalue weighted by Gasteiger charge is 2.20. The third-order valence-corrected chi connectivity index (χ3v) is 4.21. The number of aryl methyl sites for hydroxylation is 1. The van der Waals surface area contributed by atoms with Crippen molar-refractivity contribution in [1.29, 1.82) is 0 Å². The van der Waals surface area contributed by atoms with E-state index in [1.807, 2.05) is 6.20 Å². The Balaban J connectivity index is 2.41. The molecule has 0 saturated carbocycles. The van der Waals surface area contributed by atoms with E-state index in [1.165, 1.54) is 10.5 Å². The second kappa shape index (κ2) is 7.50. The fourth-order valence-electron chi connectivity index (χ4n) is 2.38. The fraction of sp³-hybridized carbons (Fsp3) is 0.438. The summed E-state index contributed by atoms with van der Waals surface area (Å²) in [7, 11) is 0. The van der Waals surface area contributed by atoms with E-state index < -0.39 is 0 Å². The fourth-order valence-corrected chi connectivity index (χ4v) is 3.02. The van der Waals surface area contributed by atoms with E-state index in [-0.39, 0.29) is 6.04 Å². The number of thioether (sulfide) groups is 1. The van der Waals surface area contributed by atoms with Crippen LogP contribution in [0.3, 0.4) is 0 Å². The predicted octanol–water partition coefficient (Wildman–Crippen LogP) is 3.71.